The summed E-state index contributed by atoms with van der Waals surface area (Å²) in [6, 6.07) is 0. The summed E-state index contributed by atoms with van der Waals surface area (Å²) < 4.78 is 5.44. The molecule has 1 atom stereocenters. The van der Waals surface area contributed by atoms with Crippen LogP contribution in [0.4, 0.5) is 0 Å². The average Bonchev–Trinajstić information content (AvgIpc) is 1.95. The van der Waals surface area contributed by atoms with E-state index in [-0.39, 0.29) is 11.7 Å². The van der Waals surface area contributed by atoms with Crippen molar-refractivity contribution in [2.75, 3.05) is 6.61 Å². The fourth-order valence-electron chi connectivity index (χ4n) is 0.869. The van der Waals surface area contributed by atoms with Crippen molar-refractivity contribution >= 4 is 0 Å². The molecule has 0 bridgehead atoms. The monoisotopic (exact) mass is 174 g/mol. The molecule has 0 aliphatic heterocycles. The highest BCUT2D eigenvalue weighted by Gasteiger charge is 2.12. The van der Waals surface area contributed by atoms with Crippen molar-refractivity contribution in [1.82, 2.24) is 0 Å². The van der Waals surface area contributed by atoms with Gasteiger partial charge in [-0.2, -0.15) is 0 Å². The quantitative estimate of drug-likeness (QED) is 0.693. The minimum atomic E-state index is -0.288. The van der Waals surface area contributed by atoms with Crippen LogP contribution in [0.5, 0.6) is 0 Å². The van der Waals surface area contributed by atoms with Crippen molar-refractivity contribution in [3.05, 3.63) is 0 Å². The zero-order valence-corrected chi connectivity index (χ0v) is 8.76. The Morgan fingerprint density at radius 2 is 1.92 bits per heavy atom. The molecule has 0 aromatic rings. The highest BCUT2D eigenvalue weighted by molar-refractivity contribution is 4.61. The highest BCUT2D eigenvalue weighted by Crippen LogP contribution is 2.09. The first-order valence-electron chi connectivity index (χ1n) is 4.77. The second-order valence-electron chi connectivity index (χ2n) is 4.22. The minimum absolute atomic E-state index is 0.132. The first kappa shape index (κ1) is 11.9. The molecule has 0 spiro atoms. The second-order valence-corrected chi connectivity index (χ2v) is 4.22. The van der Waals surface area contributed by atoms with E-state index >= 15 is 0 Å². The Bertz CT molecular complexity index is 105. The molecule has 0 aromatic heterocycles. The van der Waals surface area contributed by atoms with Gasteiger partial charge in [-0.05, 0) is 27.2 Å². The summed E-state index contributed by atoms with van der Waals surface area (Å²) in [6.45, 7) is 8.58. The second kappa shape index (κ2) is 5.55. The van der Waals surface area contributed by atoms with Gasteiger partial charge in [-0.3, -0.25) is 0 Å². The number of hydrogen-bond acceptors (Lipinski definition) is 2. The molecule has 12 heavy (non-hydrogen) atoms. The van der Waals surface area contributed by atoms with Gasteiger partial charge < -0.3 is 9.84 Å². The smallest absolute Gasteiger partial charge is 0.0774 e. The molecule has 0 heterocycles. The normalized spacial score (nSPS) is 14.8. The maximum atomic E-state index is 9.42. The average molecular weight is 174 g/mol. The van der Waals surface area contributed by atoms with E-state index in [4.69, 9.17) is 4.74 Å². The van der Waals surface area contributed by atoms with Crippen LogP contribution in [0.25, 0.3) is 0 Å². The van der Waals surface area contributed by atoms with Gasteiger partial charge in [-0.25, -0.2) is 0 Å². The van der Waals surface area contributed by atoms with E-state index in [1.165, 1.54) is 0 Å². The van der Waals surface area contributed by atoms with Gasteiger partial charge in [-0.15, -0.1) is 0 Å². The van der Waals surface area contributed by atoms with E-state index in [1.807, 2.05) is 20.8 Å². The third kappa shape index (κ3) is 8.02. The SMILES string of the molecule is CCCCC(O)COC(C)(C)C. The van der Waals surface area contributed by atoms with Gasteiger partial charge in [-0.1, -0.05) is 19.8 Å². The zero-order valence-electron chi connectivity index (χ0n) is 8.76. The van der Waals surface area contributed by atoms with Crippen molar-refractivity contribution in [2.45, 2.75) is 58.7 Å². The van der Waals surface area contributed by atoms with E-state index in [2.05, 4.69) is 6.92 Å². The van der Waals surface area contributed by atoms with Crippen LogP contribution in [0, 0.1) is 0 Å². The zero-order chi connectivity index (χ0) is 9.61. The first-order valence-corrected chi connectivity index (χ1v) is 4.77. The van der Waals surface area contributed by atoms with Gasteiger partial charge in [0.05, 0.1) is 18.3 Å². The van der Waals surface area contributed by atoms with Gasteiger partial charge in [0.2, 0.25) is 0 Å². The Labute approximate surface area is 75.9 Å². The molecule has 74 valence electrons. The standard InChI is InChI=1S/C10H22O2/c1-5-6-7-9(11)8-12-10(2,3)4/h9,11H,5-8H2,1-4H3. The van der Waals surface area contributed by atoms with E-state index < -0.39 is 0 Å². The molecule has 0 aliphatic carbocycles. The molecule has 0 saturated heterocycles. The molecule has 0 aliphatic rings. The largest absolute Gasteiger partial charge is 0.391 e. The molecule has 1 unspecified atom stereocenters. The minimum Gasteiger partial charge on any atom is -0.391 e. The van der Waals surface area contributed by atoms with Crippen molar-refractivity contribution < 1.29 is 9.84 Å². The Morgan fingerprint density at radius 1 is 1.33 bits per heavy atom. The summed E-state index contributed by atoms with van der Waals surface area (Å²) >= 11 is 0. The Morgan fingerprint density at radius 3 is 2.33 bits per heavy atom. The summed E-state index contributed by atoms with van der Waals surface area (Å²) in [7, 11) is 0. The lowest BCUT2D eigenvalue weighted by atomic mass is 10.1. The summed E-state index contributed by atoms with van der Waals surface area (Å²) in [6.07, 6.45) is 2.78. The maximum Gasteiger partial charge on any atom is 0.0774 e. The molecule has 0 fully saturated rings. The number of hydrogen-bond donors (Lipinski definition) is 1. The third-order valence-corrected chi connectivity index (χ3v) is 1.60. The van der Waals surface area contributed by atoms with Crippen molar-refractivity contribution in [3.63, 3.8) is 0 Å². The summed E-state index contributed by atoms with van der Waals surface area (Å²) in [5, 5.41) is 9.42. The fourth-order valence-corrected chi connectivity index (χ4v) is 0.869. The number of aliphatic hydroxyl groups is 1. The van der Waals surface area contributed by atoms with E-state index in [1.54, 1.807) is 0 Å². The summed E-state index contributed by atoms with van der Waals surface area (Å²) in [4.78, 5) is 0. The number of aliphatic hydroxyl groups excluding tert-OH is 1. The van der Waals surface area contributed by atoms with Crippen LogP contribution < -0.4 is 0 Å². The lowest BCUT2D eigenvalue weighted by molar-refractivity contribution is -0.0508. The maximum absolute atomic E-state index is 9.42. The molecule has 0 saturated carbocycles. The number of unbranched alkanes of at least 4 members (excludes halogenated alkanes) is 1. The molecule has 2 heteroatoms. The van der Waals surface area contributed by atoms with Crippen LogP contribution >= 0.6 is 0 Å². The van der Waals surface area contributed by atoms with Crippen molar-refractivity contribution in [3.8, 4) is 0 Å². The topological polar surface area (TPSA) is 29.5 Å². The lowest BCUT2D eigenvalue weighted by Crippen LogP contribution is -2.26. The van der Waals surface area contributed by atoms with Gasteiger partial charge in [0.25, 0.3) is 0 Å². The first-order chi connectivity index (χ1) is 5.45. The van der Waals surface area contributed by atoms with Gasteiger partial charge >= 0.3 is 0 Å². The third-order valence-electron chi connectivity index (χ3n) is 1.60. The molecule has 0 amide bonds. The number of rotatable bonds is 5. The van der Waals surface area contributed by atoms with Crippen LogP contribution in [0.2, 0.25) is 0 Å². The van der Waals surface area contributed by atoms with E-state index in [0.717, 1.165) is 19.3 Å². The van der Waals surface area contributed by atoms with Gasteiger partial charge in [0.1, 0.15) is 0 Å². The van der Waals surface area contributed by atoms with Crippen LogP contribution in [-0.4, -0.2) is 23.4 Å². The van der Waals surface area contributed by atoms with Crippen LogP contribution in [0.1, 0.15) is 47.0 Å². The predicted molar refractivity (Wildman–Crippen MR) is 51.2 cm³/mol. The molecular formula is C10H22O2. The molecule has 1 N–H and O–H groups in total. The lowest BCUT2D eigenvalue weighted by Gasteiger charge is -2.21. The summed E-state index contributed by atoms with van der Waals surface area (Å²) in [5.41, 5.74) is -0.132. The Balaban J connectivity index is 3.37. The molecule has 0 rings (SSSR count). The van der Waals surface area contributed by atoms with Crippen molar-refractivity contribution in [1.29, 1.82) is 0 Å². The van der Waals surface area contributed by atoms with Crippen molar-refractivity contribution in [2.24, 2.45) is 0 Å². The van der Waals surface area contributed by atoms with E-state index in [0.29, 0.717) is 6.61 Å². The molecule has 0 aromatic carbocycles. The Kier molecular flexibility index (Phi) is 5.51. The Hall–Kier alpha value is -0.0800. The highest BCUT2D eigenvalue weighted by atomic mass is 16.5. The molecule has 2 nitrogen and oxygen atoms in total. The van der Waals surface area contributed by atoms with E-state index in [9.17, 15) is 5.11 Å². The fraction of sp³-hybridized carbons (Fsp3) is 1.00. The number of ether oxygens (including phenoxy) is 1. The predicted octanol–water partition coefficient (Wildman–Crippen LogP) is 2.35. The molecular weight excluding hydrogens is 152 g/mol. The van der Waals surface area contributed by atoms with Crippen LogP contribution in [0.3, 0.4) is 0 Å². The van der Waals surface area contributed by atoms with Crippen LogP contribution in [-0.2, 0) is 4.74 Å². The molecule has 0 radical (unpaired) electrons. The van der Waals surface area contributed by atoms with Gasteiger partial charge in [0.15, 0.2) is 0 Å². The summed E-state index contributed by atoms with van der Waals surface area (Å²) in [5.74, 6) is 0. The van der Waals surface area contributed by atoms with Crippen LogP contribution in [0.15, 0.2) is 0 Å². The van der Waals surface area contributed by atoms with Gasteiger partial charge in [0, 0.05) is 0 Å².